The summed E-state index contributed by atoms with van der Waals surface area (Å²) in [6, 6.07) is 6.49. The quantitative estimate of drug-likeness (QED) is 0.848. The standard InChI is InChI=1S/C16H19FN4/c1-4-16-14(11-21(3)19-16)10-20(2)9-13-7-12(8-18)5-6-15(13)17/h5-7,11H,4,9-10H2,1-3H3. The molecular formula is C16H19FN4. The van der Waals surface area contributed by atoms with Crippen LogP contribution in [0.1, 0.15) is 29.3 Å². The molecule has 5 heteroatoms. The van der Waals surface area contributed by atoms with Crippen molar-refractivity contribution < 1.29 is 4.39 Å². The average Bonchev–Trinajstić information content (AvgIpc) is 2.81. The lowest BCUT2D eigenvalue weighted by molar-refractivity contribution is 0.312. The Hall–Kier alpha value is -2.19. The van der Waals surface area contributed by atoms with Gasteiger partial charge in [0.05, 0.1) is 17.3 Å². The second-order valence-electron chi connectivity index (χ2n) is 5.22. The van der Waals surface area contributed by atoms with Gasteiger partial charge in [0.25, 0.3) is 0 Å². The predicted octanol–water partition coefficient (Wildman–Crippen LogP) is 2.63. The molecule has 0 aliphatic heterocycles. The van der Waals surface area contributed by atoms with E-state index >= 15 is 0 Å². The summed E-state index contributed by atoms with van der Waals surface area (Å²) >= 11 is 0. The van der Waals surface area contributed by atoms with Crippen molar-refractivity contribution in [2.45, 2.75) is 26.4 Å². The Morgan fingerprint density at radius 2 is 2.05 bits per heavy atom. The van der Waals surface area contributed by atoms with Crippen LogP contribution in [0.15, 0.2) is 24.4 Å². The van der Waals surface area contributed by atoms with Crippen molar-refractivity contribution in [2.24, 2.45) is 7.05 Å². The number of halogens is 1. The van der Waals surface area contributed by atoms with Gasteiger partial charge in [-0.3, -0.25) is 9.58 Å². The van der Waals surface area contributed by atoms with Crippen LogP contribution in [0.3, 0.4) is 0 Å². The molecular weight excluding hydrogens is 267 g/mol. The van der Waals surface area contributed by atoms with Crippen molar-refractivity contribution in [1.82, 2.24) is 14.7 Å². The van der Waals surface area contributed by atoms with Crippen LogP contribution >= 0.6 is 0 Å². The third kappa shape index (κ3) is 3.67. The van der Waals surface area contributed by atoms with E-state index in [9.17, 15) is 4.39 Å². The van der Waals surface area contributed by atoms with E-state index in [2.05, 4.69) is 12.0 Å². The zero-order valence-corrected chi connectivity index (χ0v) is 12.6. The number of hydrogen-bond acceptors (Lipinski definition) is 3. The summed E-state index contributed by atoms with van der Waals surface area (Å²) in [6.45, 7) is 3.23. The first-order chi connectivity index (χ1) is 10.0. The molecule has 4 nitrogen and oxygen atoms in total. The molecule has 0 radical (unpaired) electrons. The van der Waals surface area contributed by atoms with E-state index < -0.39 is 0 Å². The van der Waals surface area contributed by atoms with Crippen LogP contribution in [0.5, 0.6) is 0 Å². The van der Waals surface area contributed by atoms with Crippen LogP contribution in [0.4, 0.5) is 4.39 Å². The second-order valence-corrected chi connectivity index (χ2v) is 5.22. The van der Waals surface area contributed by atoms with Crippen molar-refractivity contribution in [3.8, 4) is 6.07 Å². The normalized spacial score (nSPS) is 10.9. The summed E-state index contributed by atoms with van der Waals surface area (Å²) < 4.78 is 15.6. The first-order valence-corrected chi connectivity index (χ1v) is 6.92. The minimum atomic E-state index is -0.275. The van der Waals surface area contributed by atoms with Gasteiger partial charge in [-0.2, -0.15) is 10.4 Å². The maximum absolute atomic E-state index is 13.8. The van der Waals surface area contributed by atoms with Crippen molar-refractivity contribution in [2.75, 3.05) is 7.05 Å². The fraction of sp³-hybridized carbons (Fsp3) is 0.375. The van der Waals surface area contributed by atoms with E-state index in [0.29, 0.717) is 24.2 Å². The topological polar surface area (TPSA) is 44.9 Å². The summed E-state index contributed by atoms with van der Waals surface area (Å²) in [6.07, 6.45) is 2.87. The fourth-order valence-corrected chi connectivity index (χ4v) is 2.42. The first-order valence-electron chi connectivity index (χ1n) is 6.92. The van der Waals surface area contributed by atoms with E-state index in [1.165, 1.54) is 12.1 Å². The first kappa shape index (κ1) is 15.2. The molecule has 0 unspecified atom stereocenters. The number of aromatic nitrogens is 2. The lowest BCUT2D eigenvalue weighted by Gasteiger charge is -2.17. The largest absolute Gasteiger partial charge is 0.298 e. The summed E-state index contributed by atoms with van der Waals surface area (Å²) in [5.74, 6) is -0.275. The summed E-state index contributed by atoms with van der Waals surface area (Å²) in [5.41, 5.74) is 3.24. The third-order valence-electron chi connectivity index (χ3n) is 3.38. The molecule has 0 N–H and O–H groups in total. The Kier molecular flexibility index (Phi) is 4.71. The highest BCUT2D eigenvalue weighted by atomic mass is 19.1. The fourth-order valence-electron chi connectivity index (χ4n) is 2.42. The molecule has 1 aromatic heterocycles. The van der Waals surface area contributed by atoms with Crippen molar-refractivity contribution >= 4 is 0 Å². The molecule has 0 saturated heterocycles. The maximum atomic E-state index is 13.8. The average molecular weight is 286 g/mol. The highest BCUT2D eigenvalue weighted by Crippen LogP contribution is 2.15. The molecule has 2 rings (SSSR count). The highest BCUT2D eigenvalue weighted by molar-refractivity contribution is 5.33. The lowest BCUT2D eigenvalue weighted by Crippen LogP contribution is -2.18. The highest BCUT2D eigenvalue weighted by Gasteiger charge is 2.11. The van der Waals surface area contributed by atoms with E-state index in [4.69, 9.17) is 5.26 Å². The monoisotopic (exact) mass is 286 g/mol. The van der Waals surface area contributed by atoms with Gasteiger partial charge < -0.3 is 0 Å². The molecule has 1 heterocycles. The minimum Gasteiger partial charge on any atom is -0.298 e. The van der Waals surface area contributed by atoms with Gasteiger partial charge in [-0.05, 0) is 31.7 Å². The van der Waals surface area contributed by atoms with Crippen molar-refractivity contribution in [3.05, 3.63) is 52.6 Å². The molecule has 0 saturated carbocycles. The van der Waals surface area contributed by atoms with Crippen LogP contribution in [0.25, 0.3) is 0 Å². The van der Waals surface area contributed by atoms with Crippen LogP contribution in [-0.2, 0) is 26.6 Å². The Labute approximate surface area is 124 Å². The van der Waals surface area contributed by atoms with Crippen LogP contribution < -0.4 is 0 Å². The van der Waals surface area contributed by atoms with Crippen molar-refractivity contribution in [1.29, 1.82) is 5.26 Å². The van der Waals surface area contributed by atoms with Gasteiger partial charge in [0.2, 0.25) is 0 Å². The molecule has 0 atom stereocenters. The van der Waals surface area contributed by atoms with Crippen molar-refractivity contribution in [3.63, 3.8) is 0 Å². The molecule has 0 aliphatic carbocycles. The zero-order chi connectivity index (χ0) is 15.4. The molecule has 0 amide bonds. The summed E-state index contributed by atoms with van der Waals surface area (Å²) in [5, 5.41) is 13.3. The Morgan fingerprint density at radius 3 is 2.71 bits per heavy atom. The second kappa shape index (κ2) is 6.51. The van der Waals surface area contributed by atoms with E-state index in [0.717, 1.165) is 17.7 Å². The van der Waals surface area contributed by atoms with Gasteiger partial charge in [-0.15, -0.1) is 0 Å². The van der Waals surface area contributed by atoms with E-state index in [-0.39, 0.29) is 5.82 Å². The minimum absolute atomic E-state index is 0.275. The van der Waals surface area contributed by atoms with Gasteiger partial charge in [0.1, 0.15) is 5.82 Å². The molecule has 110 valence electrons. The number of hydrogen-bond donors (Lipinski definition) is 0. The number of benzene rings is 1. The Morgan fingerprint density at radius 1 is 1.33 bits per heavy atom. The molecule has 21 heavy (non-hydrogen) atoms. The molecule has 0 aliphatic rings. The third-order valence-corrected chi connectivity index (χ3v) is 3.38. The summed E-state index contributed by atoms with van der Waals surface area (Å²) in [7, 11) is 3.84. The van der Waals surface area contributed by atoms with Gasteiger partial charge in [-0.25, -0.2) is 4.39 Å². The molecule has 0 fully saturated rings. The van der Waals surface area contributed by atoms with E-state index in [1.54, 1.807) is 10.7 Å². The van der Waals surface area contributed by atoms with Gasteiger partial charge in [0, 0.05) is 37.5 Å². The summed E-state index contributed by atoms with van der Waals surface area (Å²) in [4.78, 5) is 2.02. The van der Waals surface area contributed by atoms with E-state index in [1.807, 2.05) is 31.3 Å². The maximum Gasteiger partial charge on any atom is 0.127 e. The SMILES string of the molecule is CCc1nn(C)cc1CN(C)Cc1cc(C#N)ccc1F. The van der Waals surface area contributed by atoms with Gasteiger partial charge >= 0.3 is 0 Å². The van der Waals surface area contributed by atoms with Crippen LogP contribution in [0.2, 0.25) is 0 Å². The zero-order valence-electron chi connectivity index (χ0n) is 12.6. The molecule has 0 spiro atoms. The smallest absolute Gasteiger partial charge is 0.127 e. The predicted molar refractivity (Wildman–Crippen MR) is 78.9 cm³/mol. The Bertz CT molecular complexity index is 669. The van der Waals surface area contributed by atoms with Crippen LogP contribution in [-0.4, -0.2) is 21.7 Å². The van der Waals surface area contributed by atoms with Gasteiger partial charge in [-0.1, -0.05) is 6.92 Å². The van der Waals surface area contributed by atoms with Crippen LogP contribution in [0, 0.1) is 17.1 Å². The number of rotatable bonds is 5. The number of nitriles is 1. The molecule has 2 aromatic rings. The number of nitrogens with zero attached hydrogens (tertiary/aromatic N) is 4. The molecule has 0 bridgehead atoms. The lowest BCUT2D eigenvalue weighted by atomic mass is 10.1. The van der Waals surface area contributed by atoms with Gasteiger partial charge in [0.15, 0.2) is 0 Å². The number of aryl methyl sites for hydroxylation is 2. The molecule has 1 aromatic carbocycles. The Balaban J connectivity index is 2.11.